The summed E-state index contributed by atoms with van der Waals surface area (Å²) in [5, 5.41) is 0. The molecule has 1 unspecified atom stereocenters. The van der Waals surface area contributed by atoms with Crippen LogP contribution in [-0.2, 0) is 6.42 Å². The van der Waals surface area contributed by atoms with Gasteiger partial charge < -0.3 is 4.74 Å². The molecule has 1 nitrogen and oxygen atoms in total. The first-order chi connectivity index (χ1) is 17.5. The SMILES string of the molecule is C=CCCCOc1ccc(C2CCC(CCc3ccc(C4=CCC(C)CC4)c(F)c3F)CC2)cc1F. The van der Waals surface area contributed by atoms with Gasteiger partial charge in [0.2, 0.25) is 0 Å². The van der Waals surface area contributed by atoms with Crippen molar-refractivity contribution in [3.63, 3.8) is 0 Å². The van der Waals surface area contributed by atoms with E-state index < -0.39 is 11.6 Å². The van der Waals surface area contributed by atoms with Crippen molar-refractivity contribution >= 4 is 5.57 Å². The fraction of sp³-hybridized carbons (Fsp3) is 0.500. The molecule has 2 aliphatic carbocycles. The molecule has 0 radical (unpaired) electrons. The van der Waals surface area contributed by atoms with E-state index in [1.54, 1.807) is 24.3 Å². The molecule has 2 aliphatic rings. The lowest BCUT2D eigenvalue weighted by Crippen LogP contribution is -2.15. The molecule has 4 heteroatoms. The van der Waals surface area contributed by atoms with Crippen molar-refractivity contribution in [1.82, 2.24) is 0 Å². The Labute approximate surface area is 214 Å². The van der Waals surface area contributed by atoms with Gasteiger partial charge >= 0.3 is 0 Å². The van der Waals surface area contributed by atoms with Crippen molar-refractivity contribution in [2.45, 2.75) is 83.5 Å². The van der Waals surface area contributed by atoms with E-state index in [1.165, 1.54) is 0 Å². The van der Waals surface area contributed by atoms with Crippen LogP contribution in [0.2, 0.25) is 0 Å². The van der Waals surface area contributed by atoms with Crippen LogP contribution in [0.15, 0.2) is 49.1 Å². The molecular weight excluding hydrogens is 457 g/mol. The molecule has 1 fully saturated rings. The van der Waals surface area contributed by atoms with Gasteiger partial charge in [0.05, 0.1) is 6.61 Å². The van der Waals surface area contributed by atoms with Crippen LogP contribution < -0.4 is 4.74 Å². The third-order valence-corrected chi connectivity index (χ3v) is 8.09. The Morgan fingerprint density at radius 1 is 1.00 bits per heavy atom. The van der Waals surface area contributed by atoms with Crippen LogP contribution in [0.5, 0.6) is 5.75 Å². The van der Waals surface area contributed by atoms with Gasteiger partial charge in [0.25, 0.3) is 0 Å². The number of ether oxygens (including phenoxy) is 1. The number of allylic oxidation sites excluding steroid dienone is 3. The van der Waals surface area contributed by atoms with Crippen LogP contribution in [0, 0.1) is 29.3 Å². The summed E-state index contributed by atoms with van der Waals surface area (Å²) >= 11 is 0. The Morgan fingerprint density at radius 3 is 2.50 bits per heavy atom. The highest BCUT2D eigenvalue weighted by atomic mass is 19.2. The van der Waals surface area contributed by atoms with Gasteiger partial charge in [-0.3, -0.25) is 0 Å². The average Bonchev–Trinajstić information content (AvgIpc) is 2.89. The maximum atomic E-state index is 14.9. The highest BCUT2D eigenvalue weighted by molar-refractivity contribution is 5.67. The lowest BCUT2D eigenvalue weighted by molar-refractivity contribution is 0.294. The summed E-state index contributed by atoms with van der Waals surface area (Å²) in [7, 11) is 0. The molecule has 0 heterocycles. The van der Waals surface area contributed by atoms with Gasteiger partial charge in [-0.25, -0.2) is 13.2 Å². The second-order valence-corrected chi connectivity index (χ2v) is 10.7. The molecule has 1 saturated carbocycles. The number of aryl methyl sites for hydroxylation is 1. The van der Waals surface area contributed by atoms with Crippen molar-refractivity contribution in [3.05, 3.63) is 83.2 Å². The van der Waals surface area contributed by atoms with E-state index in [4.69, 9.17) is 4.74 Å². The van der Waals surface area contributed by atoms with Gasteiger partial charge in [-0.05, 0) is 117 Å². The molecule has 0 aromatic heterocycles. The minimum absolute atomic E-state index is 0.298. The monoisotopic (exact) mass is 496 g/mol. The number of rotatable bonds is 10. The zero-order valence-corrected chi connectivity index (χ0v) is 21.5. The standard InChI is InChI=1S/C32H39F3O/c1-3-4-5-20-36-30-19-17-27(21-29(30)33)24-13-8-23(9-14-24)10-15-26-16-18-28(32(35)31(26)34)25-11-6-22(2)7-12-25/h3,11,16-19,21-24H,1,4-10,12-15,20H2,2H3. The molecule has 36 heavy (non-hydrogen) atoms. The summed E-state index contributed by atoms with van der Waals surface area (Å²) in [5.74, 6) is 0.0866. The smallest absolute Gasteiger partial charge is 0.166 e. The van der Waals surface area contributed by atoms with Crippen LogP contribution in [0.1, 0.15) is 93.7 Å². The van der Waals surface area contributed by atoms with Gasteiger partial charge in [-0.15, -0.1) is 6.58 Å². The van der Waals surface area contributed by atoms with Crippen LogP contribution in [-0.4, -0.2) is 6.61 Å². The van der Waals surface area contributed by atoms with Gasteiger partial charge in [0.1, 0.15) is 0 Å². The van der Waals surface area contributed by atoms with E-state index in [-0.39, 0.29) is 5.82 Å². The van der Waals surface area contributed by atoms with Crippen molar-refractivity contribution in [3.8, 4) is 5.75 Å². The fourth-order valence-electron chi connectivity index (χ4n) is 5.68. The average molecular weight is 497 g/mol. The van der Waals surface area contributed by atoms with Gasteiger partial charge in [-0.2, -0.15) is 0 Å². The highest BCUT2D eigenvalue weighted by Crippen LogP contribution is 2.39. The molecule has 2 aromatic rings. The first-order valence-corrected chi connectivity index (χ1v) is 13.7. The highest BCUT2D eigenvalue weighted by Gasteiger charge is 2.24. The van der Waals surface area contributed by atoms with Crippen LogP contribution in [0.3, 0.4) is 0 Å². The first kappa shape index (κ1) is 26.6. The number of benzene rings is 2. The molecule has 194 valence electrons. The van der Waals surface area contributed by atoms with E-state index in [0.29, 0.717) is 47.7 Å². The maximum Gasteiger partial charge on any atom is 0.166 e. The lowest BCUT2D eigenvalue weighted by atomic mass is 9.77. The Kier molecular flexibility index (Phi) is 9.34. The predicted molar refractivity (Wildman–Crippen MR) is 142 cm³/mol. The minimum atomic E-state index is -0.688. The van der Waals surface area contributed by atoms with E-state index in [0.717, 1.165) is 75.3 Å². The predicted octanol–water partition coefficient (Wildman–Crippen LogP) is 9.56. The third kappa shape index (κ3) is 6.63. The molecule has 0 spiro atoms. The molecule has 1 atom stereocenters. The summed E-state index contributed by atoms with van der Waals surface area (Å²) in [6, 6.07) is 8.90. The number of hydrogen-bond donors (Lipinski definition) is 0. The van der Waals surface area contributed by atoms with Crippen molar-refractivity contribution in [2.75, 3.05) is 6.61 Å². The summed E-state index contributed by atoms with van der Waals surface area (Å²) in [6.45, 7) is 6.36. The third-order valence-electron chi connectivity index (χ3n) is 8.09. The topological polar surface area (TPSA) is 9.23 Å². The Balaban J connectivity index is 1.27. The van der Waals surface area contributed by atoms with Crippen molar-refractivity contribution < 1.29 is 17.9 Å². The molecule has 0 saturated heterocycles. The van der Waals surface area contributed by atoms with Gasteiger partial charge in [0.15, 0.2) is 23.2 Å². The van der Waals surface area contributed by atoms with Gasteiger partial charge in [0, 0.05) is 5.56 Å². The van der Waals surface area contributed by atoms with Gasteiger partial charge in [-0.1, -0.05) is 37.3 Å². The quantitative estimate of drug-likeness (QED) is 0.235. The maximum absolute atomic E-state index is 14.9. The van der Waals surface area contributed by atoms with E-state index in [2.05, 4.69) is 19.6 Å². The zero-order chi connectivity index (χ0) is 25.5. The second kappa shape index (κ2) is 12.7. The Morgan fingerprint density at radius 2 is 1.81 bits per heavy atom. The Bertz CT molecular complexity index is 1070. The molecule has 0 bridgehead atoms. The number of hydrogen-bond acceptors (Lipinski definition) is 1. The summed E-state index contributed by atoms with van der Waals surface area (Å²) < 4.78 is 49.8. The van der Waals surface area contributed by atoms with E-state index in [1.807, 2.05) is 12.1 Å². The zero-order valence-electron chi connectivity index (χ0n) is 21.5. The summed E-state index contributed by atoms with van der Waals surface area (Å²) in [5.41, 5.74) is 2.88. The first-order valence-electron chi connectivity index (χ1n) is 13.7. The van der Waals surface area contributed by atoms with Crippen LogP contribution >= 0.6 is 0 Å². The number of unbranched alkanes of at least 4 members (excludes halogenated alkanes) is 1. The second-order valence-electron chi connectivity index (χ2n) is 10.7. The van der Waals surface area contributed by atoms with Crippen molar-refractivity contribution in [2.24, 2.45) is 11.8 Å². The minimum Gasteiger partial charge on any atom is -0.491 e. The van der Waals surface area contributed by atoms with Crippen molar-refractivity contribution in [1.29, 1.82) is 0 Å². The fourth-order valence-corrected chi connectivity index (χ4v) is 5.68. The van der Waals surface area contributed by atoms with Crippen LogP contribution in [0.25, 0.3) is 5.57 Å². The Hall–Kier alpha value is -2.49. The normalized spacial score (nSPS) is 22.2. The number of halogens is 3. The van der Waals surface area contributed by atoms with E-state index >= 15 is 0 Å². The summed E-state index contributed by atoms with van der Waals surface area (Å²) in [6.07, 6.45) is 13.8. The molecule has 4 rings (SSSR count). The molecule has 2 aromatic carbocycles. The molecular formula is C32H39F3O. The lowest BCUT2D eigenvalue weighted by Gasteiger charge is -2.29. The summed E-state index contributed by atoms with van der Waals surface area (Å²) in [4.78, 5) is 0. The molecule has 0 aliphatic heterocycles. The molecule has 0 N–H and O–H groups in total. The largest absolute Gasteiger partial charge is 0.491 e. The van der Waals surface area contributed by atoms with E-state index in [9.17, 15) is 13.2 Å². The molecule has 0 amide bonds. The van der Waals surface area contributed by atoms with Crippen LogP contribution in [0.4, 0.5) is 13.2 Å².